The molecule has 1 aromatic heterocycles. The number of thioether (sulfide) groups is 1. The molecule has 4 nitrogen and oxygen atoms in total. The first-order valence-electron chi connectivity index (χ1n) is 8.14. The summed E-state index contributed by atoms with van der Waals surface area (Å²) in [5, 5.41) is 3.12. The predicted octanol–water partition coefficient (Wildman–Crippen LogP) is 5.14. The number of nitrogens with one attached hydrogen (secondary N) is 1. The summed E-state index contributed by atoms with van der Waals surface area (Å²) in [5.74, 6) is 0.166. The quantitative estimate of drug-likeness (QED) is 0.632. The number of carbonyl (C=O) groups excluding carboxylic acids is 1. The fourth-order valence-corrected chi connectivity index (χ4v) is 3.00. The van der Waals surface area contributed by atoms with Gasteiger partial charge in [0.15, 0.2) is 5.76 Å². The minimum Gasteiger partial charge on any atom is -0.431 e. The van der Waals surface area contributed by atoms with E-state index < -0.39 is 0 Å². The topological polar surface area (TPSA) is 55.1 Å². The van der Waals surface area contributed by atoms with Crippen molar-refractivity contribution in [1.29, 1.82) is 0 Å². The van der Waals surface area contributed by atoms with E-state index in [4.69, 9.17) is 4.42 Å². The van der Waals surface area contributed by atoms with Crippen LogP contribution in [0, 0.1) is 26.6 Å². The number of amides is 1. The van der Waals surface area contributed by atoms with Gasteiger partial charge in [0.1, 0.15) is 5.82 Å². The summed E-state index contributed by atoms with van der Waals surface area (Å²) in [7, 11) is 0. The number of rotatable bonds is 5. The fraction of sp³-hybridized carbons (Fsp3) is 0.200. The van der Waals surface area contributed by atoms with Gasteiger partial charge in [-0.25, -0.2) is 9.37 Å². The molecule has 0 saturated heterocycles. The zero-order chi connectivity index (χ0) is 18.7. The number of oxazole rings is 1. The maximum absolute atomic E-state index is 13.3. The lowest BCUT2D eigenvalue weighted by Crippen LogP contribution is -2.15. The molecule has 6 heteroatoms. The Hall–Kier alpha value is -2.60. The largest absolute Gasteiger partial charge is 0.431 e. The van der Waals surface area contributed by atoms with Gasteiger partial charge >= 0.3 is 0 Å². The minimum absolute atomic E-state index is 0.128. The van der Waals surface area contributed by atoms with Crippen LogP contribution in [0.15, 0.2) is 52.2 Å². The van der Waals surface area contributed by atoms with Gasteiger partial charge in [-0.3, -0.25) is 4.79 Å². The zero-order valence-corrected chi connectivity index (χ0v) is 15.6. The molecule has 0 bridgehead atoms. The summed E-state index contributed by atoms with van der Waals surface area (Å²) < 4.78 is 19.0. The van der Waals surface area contributed by atoms with Gasteiger partial charge in [-0.1, -0.05) is 30.0 Å². The first-order chi connectivity index (χ1) is 12.4. The maximum atomic E-state index is 13.3. The molecule has 1 amide bonds. The van der Waals surface area contributed by atoms with Gasteiger partial charge in [-0.2, -0.15) is 0 Å². The molecule has 3 aromatic rings. The molecule has 134 valence electrons. The van der Waals surface area contributed by atoms with Gasteiger partial charge in [0, 0.05) is 11.3 Å². The third kappa shape index (κ3) is 4.32. The number of hydrogen-bond donors (Lipinski definition) is 1. The third-order valence-electron chi connectivity index (χ3n) is 4.08. The number of halogens is 1. The van der Waals surface area contributed by atoms with Crippen molar-refractivity contribution in [2.24, 2.45) is 0 Å². The van der Waals surface area contributed by atoms with Crippen molar-refractivity contribution in [3.05, 3.63) is 65.1 Å². The fourth-order valence-electron chi connectivity index (χ4n) is 2.40. The van der Waals surface area contributed by atoms with E-state index in [0.29, 0.717) is 16.7 Å². The van der Waals surface area contributed by atoms with E-state index in [2.05, 4.69) is 17.2 Å². The minimum atomic E-state index is -0.385. The molecule has 0 unspecified atom stereocenters. The van der Waals surface area contributed by atoms with Crippen LogP contribution in [0.3, 0.4) is 0 Å². The number of aromatic nitrogens is 1. The van der Waals surface area contributed by atoms with Crippen LogP contribution in [-0.2, 0) is 4.79 Å². The van der Waals surface area contributed by atoms with Gasteiger partial charge < -0.3 is 9.73 Å². The molecule has 0 radical (unpaired) electrons. The van der Waals surface area contributed by atoms with Crippen molar-refractivity contribution in [1.82, 2.24) is 4.98 Å². The highest BCUT2D eigenvalue weighted by Crippen LogP contribution is 2.27. The Morgan fingerprint density at radius 3 is 2.65 bits per heavy atom. The van der Waals surface area contributed by atoms with Crippen LogP contribution in [0.1, 0.15) is 16.7 Å². The Balaban J connectivity index is 1.61. The Morgan fingerprint density at radius 1 is 1.12 bits per heavy atom. The van der Waals surface area contributed by atoms with Crippen molar-refractivity contribution < 1.29 is 13.6 Å². The molecule has 2 aromatic carbocycles. The first kappa shape index (κ1) is 18.2. The highest BCUT2D eigenvalue weighted by Gasteiger charge is 2.11. The van der Waals surface area contributed by atoms with E-state index in [1.54, 1.807) is 12.3 Å². The molecule has 0 aliphatic heterocycles. The molecule has 0 fully saturated rings. The molecule has 26 heavy (non-hydrogen) atoms. The summed E-state index contributed by atoms with van der Waals surface area (Å²) in [5.41, 5.74) is 4.62. The second-order valence-electron chi connectivity index (χ2n) is 6.09. The Kier molecular flexibility index (Phi) is 5.42. The van der Waals surface area contributed by atoms with Crippen molar-refractivity contribution in [3.8, 4) is 11.3 Å². The van der Waals surface area contributed by atoms with Crippen LogP contribution in [0.25, 0.3) is 11.3 Å². The van der Waals surface area contributed by atoms with E-state index in [9.17, 15) is 9.18 Å². The van der Waals surface area contributed by atoms with E-state index in [1.807, 2.05) is 32.0 Å². The van der Waals surface area contributed by atoms with Gasteiger partial charge in [0.2, 0.25) is 5.91 Å². The summed E-state index contributed by atoms with van der Waals surface area (Å²) in [6.07, 6.45) is 1.65. The summed E-state index contributed by atoms with van der Waals surface area (Å²) in [4.78, 5) is 16.3. The summed E-state index contributed by atoms with van der Waals surface area (Å²) >= 11 is 1.20. The van der Waals surface area contributed by atoms with E-state index in [-0.39, 0.29) is 17.5 Å². The van der Waals surface area contributed by atoms with Crippen LogP contribution in [-0.4, -0.2) is 16.6 Å². The average Bonchev–Trinajstić information content (AvgIpc) is 3.08. The highest BCUT2D eigenvalue weighted by molar-refractivity contribution is 7.99. The van der Waals surface area contributed by atoms with Crippen molar-refractivity contribution in [2.45, 2.75) is 26.0 Å². The van der Waals surface area contributed by atoms with Crippen molar-refractivity contribution in [3.63, 3.8) is 0 Å². The maximum Gasteiger partial charge on any atom is 0.256 e. The van der Waals surface area contributed by atoms with E-state index in [0.717, 1.165) is 11.1 Å². The first-order valence-corrected chi connectivity index (χ1v) is 9.13. The van der Waals surface area contributed by atoms with Crippen LogP contribution >= 0.6 is 11.8 Å². The molecule has 0 atom stereocenters. The molecule has 1 heterocycles. The summed E-state index contributed by atoms with van der Waals surface area (Å²) in [6.45, 7) is 5.91. The average molecular weight is 370 g/mol. The number of benzene rings is 2. The number of aryl methyl sites for hydroxylation is 3. The molecule has 0 saturated carbocycles. The molecule has 0 spiro atoms. The van der Waals surface area contributed by atoms with Crippen LogP contribution < -0.4 is 5.32 Å². The van der Waals surface area contributed by atoms with Gasteiger partial charge in [0.25, 0.3) is 5.22 Å². The number of carbonyl (C=O) groups is 1. The van der Waals surface area contributed by atoms with E-state index >= 15 is 0 Å². The lowest BCUT2D eigenvalue weighted by Gasteiger charge is -2.07. The van der Waals surface area contributed by atoms with E-state index in [1.165, 1.54) is 35.0 Å². The third-order valence-corrected chi connectivity index (χ3v) is 4.92. The summed E-state index contributed by atoms with van der Waals surface area (Å²) in [6, 6.07) is 10.4. The molecule has 0 aliphatic carbocycles. The lowest BCUT2D eigenvalue weighted by atomic mass is 10.1. The highest BCUT2D eigenvalue weighted by atomic mass is 32.2. The number of hydrogen-bond acceptors (Lipinski definition) is 4. The number of nitrogens with zero attached hydrogens (tertiary/aromatic N) is 1. The van der Waals surface area contributed by atoms with Crippen molar-refractivity contribution >= 4 is 23.4 Å². The second kappa shape index (κ2) is 7.74. The van der Waals surface area contributed by atoms with Crippen LogP contribution in [0.5, 0.6) is 0 Å². The predicted molar refractivity (Wildman–Crippen MR) is 102 cm³/mol. The monoisotopic (exact) mass is 370 g/mol. The Morgan fingerprint density at radius 2 is 1.88 bits per heavy atom. The van der Waals surface area contributed by atoms with Crippen LogP contribution in [0.2, 0.25) is 0 Å². The lowest BCUT2D eigenvalue weighted by molar-refractivity contribution is -0.113. The SMILES string of the molecule is Cc1ccc(-c2cnc(SCC(=O)Nc3cc(F)ccc3C)o2)cc1C. The standard InChI is InChI=1S/C20H19FN2O2S/c1-12-4-6-15(8-14(12)3)18-10-22-20(25-18)26-11-19(24)23-17-9-16(21)7-5-13(17)2/h4-10H,11H2,1-3H3,(H,23,24). The molecule has 0 aliphatic rings. The van der Waals surface area contributed by atoms with Gasteiger partial charge in [-0.15, -0.1) is 0 Å². The molecule has 3 rings (SSSR count). The molecular weight excluding hydrogens is 351 g/mol. The Labute approximate surface area is 155 Å². The Bertz CT molecular complexity index is 953. The van der Waals surface area contributed by atoms with Gasteiger partial charge in [-0.05, 0) is 55.7 Å². The number of anilines is 1. The molecule has 1 N–H and O–H groups in total. The van der Waals surface area contributed by atoms with Crippen molar-refractivity contribution in [2.75, 3.05) is 11.1 Å². The van der Waals surface area contributed by atoms with Crippen LogP contribution in [0.4, 0.5) is 10.1 Å². The normalized spacial score (nSPS) is 10.8. The zero-order valence-electron chi connectivity index (χ0n) is 14.8. The van der Waals surface area contributed by atoms with Gasteiger partial charge in [0.05, 0.1) is 11.9 Å². The smallest absolute Gasteiger partial charge is 0.256 e. The second-order valence-corrected chi connectivity index (χ2v) is 7.01. The molecular formula is C20H19FN2O2S.